The minimum atomic E-state index is -0.517. The molecule has 0 saturated carbocycles. The van der Waals surface area contributed by atoms with Gasteiger partial charge in [0.25, 0.3) is 0 Å². The first-order chi connectivity index (χ1) is 22.3. The lowest BCUT2D eigenvalue weighted by Gasteiger charge is -2.40. The molecule has 2 aliphatic rings. The van der Waals surface area contributed by atoms with E-state index in [4.69, 9.17) is 4.74 Å². The van der Waals surface area contributed by atoms with Crippen molar-refractivity contribution in [3.63, 3.8) is 0 Å². The van der Waals surface area contributed by atoms with Gasteiger partial charge in [-0.3, -0.25) is 0 Å². The van der Waals surface area contributed by atoms with Gasteiger partial charge in [-0.05, 0) is 69.8 Å². The second-order valence-electron chi connectivity index (χ2n) is 12.0. The fraction of sp³-hybridized carbons (Fsp3) is 0.0233. The molecule has 0 fully saturated rings. The number of hydrogen-bond acceptors (Lipinski definition) is 1. The normalized spacial score (nSPS) is 13.7. The van der Waals surface area contributed by atoms with Crippen LogP contribution in [0.5, 0.6) is 11.5 Å². The monoisotopic (exact) mass is 573 g/mol. The molecule has 0 amide bonds. The van der Waals surface area contributed by atoms with Crippen LogP contribution in [0, 0.1) is 0 Å². The standard InChI is InChI=1S/C43H27NO/c1-4-20-35-31(15-1)34-19-12-18-30(42(34)43(35)36-21-5-9-25-40(36)45-41-26-10-6-22-37(41)43)28-13-11-14-29(27-28)44-38-23-7-2-16-32(38)33-17-3-8-24-39(33)44/h1-27H. The van der Waals surface area contributed by atoms with Gasteiger partial charge in [0.15, 0.2) is 0 Å². The van der Waals surface area contributed by atoms with E-state index in [0.29, 0.717) is 0 Å². The van der Waals surface area contributed by atoms with E-state index >= 15 is 0 Å². The maximum absolute atomic E-state index is 6.59. The van der Waals surface area contributed by atoms with Gasteiger partial charge in [-0.25, -0.2) is 0 Å². The van der Waals surface area contributed by atoms with Crippen molar-refractivity contribution in [1.29, 1.82) is 0 Å². The fourth-order valence-corrected chi connectivity index (χ4v) is 8.17. The zero-order valence-electron chi connectivity index (χ0n) is 24.4. The van der Waals surface area contributed by atoms with E-state index in [9.17, 15) is 0 Å². The van der Waals surface area contributed by atoms with Crippen LogP contribution in [0.2, 0.25) is 0 Å². The molecule has 2 nitrogen and oxygen atoms in total. The van der Waals surface area contributed by atoms with Gasteiger partial charge in [-0.2, -0.15) is 0 Å². The minimum absolute atomic E-state index is 0.517. The number of hydrogen-bond donors (Lipinski definition) is 0. The highest BCUT2D eigenvalue weighted by Gasteiger charge is 2.52. The maximum atomic E-state index is 6.59. The van der Waals surface area contributed by atoms with Crippen LogP contribution in [-0.2, 0) is 5.41 Å². The number of para-hydroxylation sites is 4. The van der Waals surface area contributed by atoms with Crippen molar-refractivity contribution < 1.29 is 4.74 Å². The molecule has 1 aliphatic heterocycles. The molecule has 1 aliphatic carbocycles. The number of rotatable bonds is 2. The fourth-order valence-electron chi connectivity index (χ4n) is 8.17. The predicted molar refractivity (Wildman–Crippen MR) is 184 cm³/mol. The molecule has 7 aromatic carbocycles. The van der Waals surface area contributed by atoms with E-state index in [-0.39, 0.29) is 0 Å². The van der Waals surface area contributed by atoms with Crippen molar-refractivity contribution in [2.45, 2.75) is 5.41 Å². The SMILES string of the molecule is c1cc(-c2cccc3c2C2(c4ccccc4Oc4ccccc42)c2ccccc2-3)cc(-n2c3ccccc3c3ccccc32)c1. The molecule has 8 aromatic rings. The Morgan fingerprint density at radius 1 is 0.422 bits per heavy atom. The summed E-state index contributed by atoms with van der Waals surface area (Å²) >= 11 is 0. The summed E-state index contributed by atoms with van der Waals surface area (Å²) in [5, 5.41) is 2.54. The van der Waals surface area contributed by atoms with Gasteiger partial charge in [0.2, 0.25) is 0 Å². The molecule has 210 valence electrons. The molecule has 1 spiro atoms. The van der Waals surface area contributed by atoms with Crippen LogP contribution in [0.3, 0.4) is 0 Å². The Balaban J connectivity index is 1.30. The molecule has 0 N–H and O–H groups in total. The first-order valence-electron chi connectivity index (χ1n) is 15.5. The summed E-state index contributed by atoms with van der Waals surface area (Å²) in [5.41, 5.74) is 13.0. The summed E-state index contributed by atoms with van der Waals surface area (Å²) in [5.74, 6) is 1.82. The molecular formula is C43H27NO. The molecule has 0 atom stereocenters. The second kappa shape index (κ2) is 9.07. The Labute approximate surface area is 261 Å². The van der Waals surface area contributed by atoms with E-state index < -0.39 is 5.41 Å². The first-order valence-corrected chi connectivity index (χ1v) is 15.5. The van der Waals surface area contributed by atoms with E-state index in [1.165, 1.54) is 66.3 Å². The van der Waals surface area contributed by atoms with Gasteiger partial charge < -0.3 is 9.30 Å². The molecule has 0 unspecified atom stereocenters. The van der Waals surface area contributed by atoms with E-state index in [2.05, 4.69) is 168 Å². The van der Waals surface area contributed by atoms with Gasteiger partial charge in [0.05, 0.1) is 16.4 Å². The van der Waals surface area contributed by atoms with Crippen LogP contribution in [0.1, 0.15) is 22.3 Å². The van der Waals surface area contributed by atoms with Gasteiger partial charge in [0.1, 0.15) is 11.5 Å². The molecule has 2 heteroatoms. The topological polar surface area (TPSA) is 14.2 Å². The van der Waals surface area contributed by atoms with Crippen molar-refractivity contribution in [3.8, 4) is 39.4 Å². The first kappa shape index (κ1) is 24.6. The van der Waals surface area contributed by atoms with Crippen molar-refractivity contribution in [1.82, 2.24) is 4.57 Å². The zero-order chi connectivity index (χ0) is 29.5. The minimum Gasteiger partial charge on any atom is -0.457 e. The van der Waals surface area contributed by atoms with Crippen LogP contribution >= 0.6 is 0 Å². The number of nitrogens with zero attached hydrogens (tertiary/aromatic N) is 1. The van der Waals surface area contributed by atoms with Crippen LogP contribution in [0.25, 0.3) is 49.7 Å². The Bertz CT molecular complexity index is 2380. The van der Waals surface area contributed by atoms with Crippen LogP contribution in [0.4, 0.5) is 0 Å². The highest BCUT2D eigenvalue weighted by Crippen LogP contribution is 2.63. The second-order valence-corrected chi connectivity index (χ2v) is 12.0. The molecule has 10 rings (SSSR count). The Kier molecular flexibility index (Phi) is 4.95. The quantitative estimate of drug-likeness (QED) is 0.201. The summed E-state index contributed by atoms with van der Waals surface area (Å²) in [4.78, 5) is 0. The van der Waals surface area contributed by atoms with Crippen LogP contribution < -0.4 is 4.74 Å². The Morgan fingerprint density at radius 2 is 0.956 bits per heavy atom. The largest absolute Gasteiger partial charge is 0.457 e. The predicted octanol–water partition coefficient (Wildman–Crippen LogP) is 10.9. The zero-order valence-corrected chi connectivity index (χ0v) is 24.4. The summed E-state index contributed by atoms with van der Waals surface area (Å²) in [7, 11) is 0. The average molecular weight is 574 g/mol. The van der Waals surface area contributed by atoms with Crippen molar-refractivity contribution in [3.05, 3.63) is 186 Å². The van der Waals surface area contributed by atoms with E-state index in [1.807, 2.05) is 0 Å². The molecular weight excluding hydrogens is 546 g/mol. The molecule has 2 heterocycles. The highest BCUT2D eigenvalue weighted by molar-refractivity contribution is 6.09. The maximum Gasteiger partial charge on any atom is 0.132 e. The molecule has 1 aromatic heterocycles. The Morgan fingerprint density at radius 3 is 1.67 bits per heavy atom. The third-order valence-electron chi connectivity index (χ3n) is 9.86. The smallest absolute Gasteiger partial charge is 0.132 e. The van der Waals surface area contributed by atoms with E-state index in [0.717, 1.165) is 17.2 Å². The van der Waals surface area contributed by atoms with Crippen molar-refractivity contribution >= 4 is 21.8 Å². The molecule has 45 heavy (non-hydrogen) atoms. The number of ether oxygens (including phenoxy) is 1. The van der Waals surface area contributed by atoms with Gasteiger partial charge >= 0.3 is 0 Å². The third kappa shape index (κ3) is 3.18. The number of aromatic nitrogens is 1. The molecule has 0 saturated heterocycles. The lowest BCUT2D eigenvalue weighted by molar-refractivity contribution is 0.436. The summed E-state index contributed by atoms with van der Waals surface area (Å²) in [6.45, 7) is 0. The Hall–Kier alpha value is -5.86. The third-order valence-corrected chi connectivity index (χ3v) is 9.86. The van der Waals surface area contributed by atoms with Gasteiger partial charge in [-0.1, -0.05) is 127 Å². The van der Waals surface area contributed by atoms with Gasteiger partial charge in [-0.15, -0.1) is 0 Å². The van der Waals surface area contributed by atoms with Gasteiger partial charge in [0, 0.05) is 27.6 Å². The number of benzene rings is 7. The van der Waals surface area contributed by atoms with Crippen molar-refractivity contribution in [2.24, 2.45) is 0 Å². The average Bonchev–Trinajstić information content (AvgIpc) is 3.60. The lowest BCUT2D eigenvalue weighted by Crippen LogP contribution is -2.32. The summed E-state index contributed by atoms with van der Waals surface area (Å²) in [6.07, 6.45) is 0. The van der Waals surface area contributed by atoms with Crippen LogP contribution in [-0.4, -0.2) is 4.57 Å². The highest BCUT2D eigenvalue weighted by atomic mass is 16.5. The molecule has 0 radical (unpaired) electrons. The van der Waals surface area contributed by atoms with Crippen molar-refractivity contribution in [2.75, 3.05) is 0 Å². The van der Waals surface area contributed by atoms with Crippen LogP contribution in [0.15, 0.2) is 164 Å². The lowest BCUT2D eigenvalue weighted by atomic mass is 9.64. The number of fused-ring (bicyclic) bond motifs is 12. The summed E-state index contributed by atoms with van der Waals surface area (Å²) < 4.78 is 8.99. The summed E-state index contributed by atoms with van der Waals surface area (Å²) in [6, 6.07) is 59.4. The van der Waals surface area contributed by atoms with E-state index in [1.54, 1.807) is 0 Å². The molecule has 0 bridgehead atoms.